The predicted octanol–water partition coefficient (Wildman–Crippen LogP) is 3.46. The second kappa shape index (κ2) is 4.13. The van der Waals surface area contributed by atoms with E-state index in [0.29, 0.717) is 0 Å². The quantitative estimate of drug-likeness (QED) is 0.725. The van der Waals surface area contributed by atoms with Crippen LogP contribution in [-0.2, 0) is 0 Å². The van der Waals surface area contributed by atoms with Gasteiger partial charge in [-0.2, -0.15) is 0 Å². The molecule has 1 rings (SSSR count). The molecule has 0 radical (unpaired) electrons. The molecule has 0 heterocycles. The Labute approximate surface area is 80.5 Å². The predicted molar refractivity (Wildman–Crippen MR) is 60.1 cm³/mol. The Morgan fingerprint density at radius 2 is 2.00 bits per heavy atom. The van der Waals surface area contributed by atoms with Crippen molar-refractivity contribution < 1.29 is 0 Å². The first-order chi connectivity index (χ1) is 6.13. The van der Waals surface area contributed by atoms with Gasteiger partial charge in [-0.3, -0.25) is 0 Å². The van der Waals surface area contributed by atoms with Crippen LogP contribution in [0.3, 0.4) is 0 Å². The van der Waals surface area contributed by atoms with Gasteiger partial charge < -0.3 is 5.32 Å². The lowest BCUT2D eigenvalue weighted by atomic mass is 10.1. The highest BCUT2D eigenvalue weighted by molar-refractivity contribution is 5.60. The van der Waals surface area contributed by atoms with Gasteiger partial charge >= 0.3 is 0 Å². The number of rotatable bonds is 2. The minimum absolute atomic E-state index is 1.17. The van der Waals surface area contributed by atoms with E-state index < -0.39 is 0 Å². The summed E-state index contributed by atoms with van der Waals surface area (Å²) in [6.45, 7) is 6.37. The molecule has 70 valence electrons. The summed E-state index contributed by atoms with van der Waals surface area (Å²) in [5.41, 5.74) is 5.12. The Balaban J connectivity index is 3.05. The number of allylic oxidation sites excluding steroid dienone is 1. The Morgan fingerprint density at radius 1 is 1.31 bits per heavy atom. The number of hydrogen-bond donors (Lipinski definition) is 1. The van der Waals surface area contributed by atoms with Gasteiger partial charge in [0.2, 0.25) is 0 Å². The first-order valence-electron chi connectivity index (χ1n) is 4.57. The molecule has 13 heavy (non-hydrogen) atoms. The summed E-state index contributed by atoms with van der Waals surface area (Å²) >= 11 is 0. The Bertz CT molecular complexity index is 320. The van der Waals surface area contributed by atoms with Crippen LogP contribution in [-0.4, -0.2) is 7.05 Å². The van der Waals surface area contributed by atoms with Crippen molar-refractivity contribution in [1.29, 1.82) is 0 Å². The van der Waals surface area contributed by atoms with Gasteiger partial charge in [-0.05, 0) is 44.0 Å². The third-order valence-corrected chi connectivity index (χ3v) is 2.00. The average molecular weight is 175 g/mol. The van der Waals surface area contributed by atoms with Crippen molar-refractivity contribution in [2.24, 2.45) is 0 Å². The number of aryl methyl sites for hydroxylation is 1. The van der Waals surface area contributed by atoms with Crippen LogP contribution in [0.4, 0.5) is 5.69 Å². The average Bonchev–Trinajstić information content (AvgIpc) is 2.08. The topological polar surface area (TPSA) is 12.0 Å². The first kappa shape index (κ1) is 9.85. The number of hydrogen-bond acceptors (Lipinski definition) is 1. The molecule has 0 saturated carbocycles. The molecule has 0 amide bonds. The Kier molecular flexibility index (Phi) is 3.13. The minimum Gasteiger partial charge on any atom is -0.388 e. The normalized spacial score (nSPS) is 9.54. The SMILES string of the molecule is CNc1ccc(C=C(C)C)c(C)c1. The van der Waals surface area contributed by atoms with Crippen LogP contribution in [0, 0.1) is 6.92 Å². The second-order valence-corrected chi connectivity index (χ2v) is 3.54. The summed E-state index contributed by atoms with van der Waals surface area (Å²) in [7, 11) is 1.94. The number of anilines is 1. The molecule has 1 heteroatoms. The van der Waals surface area contributed by atoms with Crippen molar-refractivity contribution in [2.45, 2.75) is 20.8 Å². The molecule has 0 atom stereocenters. The monoisotopic (exact) mass is 175 g/mol. The van der Waals surface area contributed by atoms with Gasteiger partial charge in [-0.15, -0.1) is 0 Å². The van der Waals surface area contributed by atoms with E-state index >= 15 is 0 Å². The van der Waals surface area contributed by atoms with Crippen molar-refractivity contribution in [3.63, 3.8) is 0 Å². The second-order valence-electron chi connectivity index (χ2n) is 3.54. The van der Waals surface area contributed by atoms with Gasteiger partial charge in [-0.25, -0.2) is 0 Å². The van der Waals surface area contributed by atoms with Gasteiger partial charge in [-0.1, -0.05) is 17.7 Å². The molecule has 1 nitrogen and oxygen atoms in total. The zero-order chi connectivity index (χ0) is 9.84. The van der Waals surface area contributed by atoms with E-state index in [1.54, 1.807) is 0 Å². The van der Waals surface area contributed by atoms with Crippen LogP contribution in [0.15, 0.2) is 23.8 Å². The van der Waals surface area contributed by atoms with E-state index in [0.717, 1.165) is 0 Å². The van der Waals surface area contributed by atoms with Crippen LogP contribution in [0.1, 0.15) is 25.0 Å². The molecule has 1 aromatic rings. The van der Waals surface area contributed by atoms with Crippen molar-refractivity contribution in [2.75, 3.05) is 12.4 Å². The summed E-state index contributed by atoms with van der Waals surface area (Å²) in [5, 5.41) is 3.13. The summed E-state index contributed by atoms with van der Waals surface area (Å²) in [6, 6.07) is 6.41. The van der Waals surface area contributed by atoms with Crippen molar-refractivity contribution in [1.82, 2.24) is 0 Å². The van der Waals surface area contributed by atoms with Crippen LogP contribution < -0.4 is 5.32 Å². The maximum Gasteiger partial charge on any atom is 0.0340 e. The van der Waals surface area contributed by atoms with E-state index in [2.05, 4.69) is 50.4 Å². The van der Waals surface area contributed by atoms with E-state index in [9.17, 15) is 0 Å². The third-order valence-electron chi connectivity index (χ3n) is 2.00. The molecule has 0 fully saturated rings. The van der Waals surface area contributed by atoms with E-state index in [1.807, 2.05) is 7.05 Å². The highest BCUT2D eigenvalue weighted by Crippen LogP contribution is 2.17. The van der Waals surface area contributed by atoms with E-state index in [1.165, 1.54) is 22.4 Å². The van der Waals surface area contributed by atoms with Crippen LogP contribution in [0.25, 0.3) is 6.08 Å². The largest absolute Gasteiger partial charge is 0.388 e. The molecule has 1 aromatic carbocycles. The number of nitrogens with one attached hydrogen (secondary N) is 1. The molecular weight excluding hydrogens is 158 g/mol. The van der Waals surface area contributed by atoms with Crippen molar-refractivity contribution in [3.8, 4) is 0 Å². The van der Waals surface area contributed by atoms with Gasteiger partial charge in [0.25, 0.3) is 0 Å². The lowest BCUT2D eigenvalue weighted by Crippen LogP contribution is -1.89. The van der Waals surface area contributed by atoms with Gasteiger partial charge in [0.05, 0.1) is 0 Å². The summed E-state index contributed by atoms with van der Waals surface area (Å²) < 4.78 is 0. The zero-order valence-corrected chi connectivity index (χ0v) is 8.81. The molecular formula is C12H17N. The highest BCUT2D eigenvalue weighted by atomic mass is 14.8. The fourth-order valence-corrected chi connectivity index (χ4v) is 1.30. The Morgan fingerprint density at radius 3 is 2.46 bits per heavy atom. The smallest absolute Gasteiger partial charge is 0.0340 e. The van der Waals surface area contributed by atoms with Gasteiger partial charge in [0.15, 0.2) is 0 Å². The van der Waals surface area contributed by atoms with Crippen LogP contribution >= 0.6 is 0 Å². The lowest BCUT2D eigenvalue weighted by molar-refractivity contribution is 1.38. The van der Waals surface area contributed by atoms with E-state index in [4.69, 9.17) is 0 Å². The molecule has 0 aromatic heterocycles. The van der Waals surface area contributed by atoms with Crippen molar-refractivity contribution >= 4 is 11.8 Å². The molecule has 0 spiro atoms. The van der Waals surface area contributed by atoms with Gasteiger partial charge in [0, 0.05) is 12.7 Å². The molecule has 1 N–H and O–H groups in total. The van der Waals surface area contributed by atoms with Crippen LogP contribution in [0.5, 0.6) is 0 Å². The maximum atomic E-state index is 3.13. The molecule has 0 aliphatic carbocycles. The standard InChI is InChI=1S/C12H17N/c1-9(2)7-11-5-6-12(13-4)8-10(11)3/h5-8,13H,1-4H3. The summed E-state index contributed by atoms with van der Waals surface area (Å²) in [5.74, 6) is 0. The highest BCUT2D eigenvalue weighted by Gasteiger charge is 1.95. The van der Waals surface area contributed by atoms with Crippen LogP contribution in [0.2, 0.25) is 0 Å². The molecule has 0 aliphatic rings. The van der Waals surface area contributed by atoms with E-state index in [-0.39, 0.29) is 0 Å². The van der Waals surface area contributed by atoms with Crippen molar-refractivity contribution in [3.05, 3.63) is 34.9 Å². The zero-order valence-electron chi connectivity index (χ0n) is 8.81. The minimum atomic E-state index is 1.17. The number of benzene rings is 1. The maximum absolute atomic E-state index is 3.13. The molecule has 0 saturated heterocycles. The molecule has 0 aliphatic heterocycles. The summed E-state index contributed by atoms with van der Waals surface area (Å²) in [6.07, 6.45) is 2.20. The third kappa shape index (κ3) is 2.62. The Hall–Kier alpha value is -1.24. The molecule has 0 unspecified atom stereocenters. The fraction of sp³-hybridized carbons (Fsp3) is 0.333. The molecule has 0 bridgehead atoms. The summed E-state index contributed by atoms with van der Waals surface area (Å²) in [4.78, 5) is 0. The first-order valence-corrected chi connectivity index (χ1v) is 4.57. The lowest BCUT2D eigenvalue weighted by Gasteiger charge is -2.05. The fourth-order valence-electron chi connectivity index (χ4n) is 1.30. The van der Waals surface area contributed by atoms with Gasteiger partial charge in [0.1, 0.15) is 0 Å².